The molecular weight excluding hydrogens is 505 g/mol. The molecule has 0 unspecified atom stereocenters. The minimum Gasteiger partial charge on any atom is -0.489 e. The Bertz CT molecular complexity index is 1110. The number of nitrogens with one attached hydrogen (secondary N) is 1. The van der Waals surface area contributed by atoms with Crippen molar-refractivity contribution >= 4 is 40.9 Å². The standard InChI is InChI=1S/C27H31Cl2NO6/c1-26(2)19(11-12-27(26,3)15-31)24(33)30-22(23(32)25(34)35)13-16-7-9-17(10-8-16)36-14-18-20(28)5-4-6-21(18)29/h4-10,19,22,31H,11-15H2,1-3H3,(H,30,33)(H,34,35)/t19-,22+,27+/m1/s1. The van der Waals surface area contributed by atoms with Crippen LogP contribution in [0.3, 0.4) is 0 Å². The summed E-state index contributed by atoms with van der Waals surface area (Å²) in [5.74, 6) is -2.99. The van der Waals surface area contributed by atoms with Crippen molar-refractivity contribution in [3.05, 3.63) is 63.6 Å². The zero-order chi connectivity index (χ0) is 26.7. The number of carbonyl (C=O) groups excluding carboxylic acids is 2. The number of carboxylic acids is 1. The maximum absolute atomic E-state index is 13.1. The second-order valence-electron chi connectivity index (χ2n) is 10.1. The van der Waals surface area contributed by atoms with Gasteiger partial charge >= 0.3 is 5.97 Å². The molecule has 1 fully saturated rings. The third-order valence-corrected chi connectivity index (χ3v) is 8.44. The van der Waals surface area contributed by atoms with Crippen molar-refractivity contribution < 1.29 is 29.3 Å². The smallest absolute Gasteiger partial charge is 0.374 e. The summed E-state index contributed by atoms with van der Waals surface area (Å²) in [4.78, 5) is 37.0. The summed E-state index contributed by atoms with van der Waals surface area (Å²) in [6, 6.07) is 10.8. The van der Waals surface area contributed by atoms with Crippen LogP contribution >= 0.6 is 23.2 Å². The van der Waals surface area contributed by atoms with Crippen LogP contribution < -0.4 is 10.1 Å². The summed E-state index contributed by atoms with van der Waals surface area (Å²) in [5, 5.41) is 22.8. The lowest BCUT2D eigenvalue weighted by Gasteiger charge is -2.40. The number of amides is 1. The summed E-state index contributed by atoms with van der Waals surface area (Å²) in [6.45, 7) is 5.88. The molecule has 0 aliphatic heterocycles. The molecule has 7 nitrogen and oxygen atoms in total. The average molecular weight is 536 g/mol. The van der Waals surface area contributed by atoms with Gasteiger partial charge in [0.2, 0.25) is 5.91 Å². The van der Waals surface area contributed by atoms with Gasteiger partial charge in [0.1, 0.15) is 18.4 Å². The number of hydrogen-bond donors (Lipinski definition) is 3. The Balaban J connectivity index is 1.69. The molecule has 3 rings (SSSR count). The molecule has 1 aliphatic carbocycles. The quantitative estimate of drug-likeness (QED) is 0.380. The summed E-state index contributed by atoms with van der Waals surface area (Å²) in [5.41, 5.74) is 0.355. The van der Waals surface area contributed by atoms with E-state index in [2.05, 4.69) is 5.32 Å². The van der Waals surface area contributed by atoms with Gasteiger partial charge in [0, 0.05) is 34.6 Å². The second-order valence-corrected chi connectivity index (χ2v) is 10.9. The second kappa shape index (κ2) is 11.2. The monoisotopic (exact) mass is 535 g/mol. The fourth-order valence-electron chi connectivity index (χ4n) is 4.72. The van der Waals surface area contributed by atoms with Crippen LogP contribution in [0.15, 0.2) is 42.5 Å². The first-order valence-corrected chi connectivity index (χ1v) is 12.5. The number of carbonyl (C=O) groups is 3. The third kappa shape index (κ3) is 5.85. The van der Waals surface area contributed by atoms with E-state index in [4.69, 9.17) is 27.9 Å². The average Bonchev–Trinajstić information content (AvgIpc) is 3.07. The number of hydrogen-bond acceptors (Lipinski definition) is 5. The van der Waals surface area contributed by atoms with Crippen LogP contribution in [0.4, 0.5) is 0 Å². The lowest BCUT2D eigenvalue weighted by Crippen LogP contribution is -2.50. The Morgan fingerprint density at radius 3 is 2.22 bits per heavy atom. The van der Waals surface area contributed by atoms with Gasteiger partial charge in [-0.15, -0.1) is 0 Å². The van der Waals surface area contributed by atoms with Crippen molar-refractivity contribution in [3.63, 3.8) is 0 Å². The van der Waals surface area contributed by atoms with Crippen LogP contribution in [0, 0.1) is 16.7 Å². The van der Waals surface area contributed by atoms with Crippen molar-refractivity contribution in [2.45, 2.75) is 52.7 Å². The van der Waals surface area contributed by atoms with Gasteiger partial charge in [-0.2, -0.15) is 0 Å². The number of aliphatic hydroxyl groups is 1. The molecule has 1 amide bonds. The van der Waals surface area contributed by atoms with Crippen LogP contribution in [-0.2, 0) is 27.4 Å². The molecule has 0 radical (unpaired) electrons. The molecule has 2 aromatic rings. The molecule has 0 spiro atoms. The number of benzene rings is 2. The van der Waals surface area contributed by atoms with E-state index in [9.17, 15) is 24.6 Å². The molecule has 1 aliphatic rings. The Morgan fingerprint density at radius 1 is 1.08 bits per heavy atom. The van der Waals surface area contributed by atoms with Gasteiger partial charge in [-0.05, 0) is 53.5 Å². The molecular formula is C27H31Cl2NO6. The van der Waals surface area contributed by atoms with Gasteiger partial charge < -0.3 is 20.3 Å². The SMILES string of the molecule is CC1(C)[C@@H](C(=O)N[C@@H](Cc2ccc(OCc3c(Cl)cccc3Cl)cc2)C(=O)C(=O)O)CC[C@@]1(C)CO. The fraction of sp³-hybridized carbons (Fsp3) is 0.444. The molecule has 194 valence electrons. The topological polar surface area (TPSA) is 113 Å². The van der Waals surface area contributed by atoms with E-state index in [1.165, 1.54) is 0 Å². The summed E-state index contributed by atoms with van der Waals surface area (Å²) in [6.07, 6.45) is 1.22. The minimum atomic E-state index is -1.61. The van der Waals surface area contributed by atoms with Gasteiger partial charge in [-0.1, -0.05) is 62.2 Å². The van der Waals surface area contributed by atoms with Crippen LogP contribution in [0.2, 0.25) is 10.0 Å². The largest absolute Gasteiger partial charge is 0.489 e. The maximum Gasteiger partial charge on any atom is 0.374 e. The first kappa shape index (κ1) is 28.0. The number of aliphatic carboxylic acids is 1. The minimum absolute atomic E-state index is 0.0118. The highest BCUT2D eigenvalue weighted by atomic mass is 35.5. The van der Waals surface area contributed by atoms with Gasteiger partial charge in [-0.25, -0.2) is 4.79 Å². The highest BCUT2D eigenvalue weighted by molar-refractivity contribution is 6.36. The Morgan fingerprint density at radius 2 is 1.69 bits per heavy atom. The van der Waals surface area contributed by atoms with E-state index < -0.39 is 34.5 Å². The molecule has 1 saturated carbocycles. The van der Waals surface area contributed by atoms with E-state index in [1.54, 1.807) is 42.5 Å². The summed E-state index contributed by atoms with van der Waals surface area (Å²) in [7, 11) is 0. The molecule has 0 bridgehead atoms. The lowest BCUT2D eigenvalue weighted by atomic mass is 9.66. The molecule has 0 saturated heterocycles. The Hall–Kier alpha value is -2.61. The number of ketones is 1. The first-order chi connectivity index (χ1) is 16.9. The van der Waals surface area contributed by atoms with Crippen molar-refractivity contribution in [3.8, 4) is 5.75 Å². The van der Waals surface area contributed by atoms with E-state index in [0.717, 1.165) is 0 Å². The zero-order valence-corrected chi connectivity index (χ0v) is 22.0. The molecule has 3 N–H and O–H groups in total. The van der Waals surface area contributed by atoms with Gasteiger partial charge in [0.25, 0.3) is 5.78 Å². The lowest BCUT2D eigenvalue weighted by molar-refractivity contribution is -0.150. The predicted octanol–water partition coefficient (Wildman–Crippen LogP) is 4.69. The first-order valence-electron chi connectivity index (χ1n) is 11.7. The molecule has 0 aromatic heterocycles. The highest BCUT2D eigenvalue weighted by Crippen LogP contribution is 2.55. The van der Waals surface area contributed by atoms with Crippen molar-refractivity contribution in [2.75, 3.05) is 6.61 Å². The van der Waals surface area contributed by atoms with Crippen LogP contribution in [0.1, 0.15) is 44.7 Å². The highest BCUT2D eigenvalue weighted by Gasteiger charge is 2.54. The number of ether oxygens (including phenoxy) is 1. The molecule has 0 heterocycles. The van der Waals surface area contributed by atoms with Crippen LogP contribution in [-0.4, -0.2) is 40.5 Å². The van der Waals surface area contributed by atoms with Gasteiger partial charge in [0.15, 0.2) is 0 Å². The zero-order valence-electron chi connectivity index (χ0n) is 20.5. The Labute approximate surface area is 220 Å². The fourth-order valence-corrected chi connectivity index (χ4v) is 5.23. The Kier molecular flexibility index (Phi) is 8.70. The van der Waals surface area contributed by atoms with E-state index in [-0.39, 0.29) is 25.5 Å². The van der Waals surface area contributed by atoms with E-state index in [0.29, 0.717) is 39.8 Å². The number of halogens is 2. The number of carboxylic acid groups (broad SMARTS) is 1. The third-order valence-electron chi connectivity index (χ3n) is 7.73. The maximum atomic E-state index is 13.1. The van der Waals surface area contributed by atoms with Crippen LogP contribution in [0.5, 0.6) is 5.75 Å². The normalized spacial score (nSPS) is 21.6. The summed E-state index contributed by atoms with van der Waals surface area (Å²) < 4.78 is 5.76. The predicted molar refractivity (Wildman–Crippen MR) is 137 cm³/mol. The van der Waals surface area contributed by atoms with Crippen molar-refractivity contribution in [1.82, 2.24) is 5.32 Å². The number of aliphatic hydroxyl groups excluding tert-OH is 1. The number of Topliss-reactive ketones (excluding diaryl/α,β-unsaturated/α-hetero) is 1. The molecule has 3 atom stereocenters. The van der Waals surface area contributed by atoms with Crippen molar-refractivity contribution in [1.29, 1.82) is 0 Å². The number of rotatable bonds is 10. The van der Waals surface area contributed by atoms with E-state index >= 15 is 0 Å². The molecule has 2 aromatic carbocycles. The van der Waals surface area contributed by atoms with Crippen LogP contribution in [0.25, 0.3) is 0 Å². The van der Waals surface area contributed by atoms with Gasteiger partial charge in [-0.3, -0.25) is 9.59 Å². The molecule has 9 heteroatoms. The summed E-state index contributed by atoms with van der Waals surface area (Å²) >= 11 is 12.3. The molecule has 36 heavy (non-hydrogen) atoms. The van der Waals surface area contributed by atoms with E-state index in [1.807, 2.05) is 20.8 Å². The van der Waals surface area contributed by atoms with Crippen molar-refractivity contribution in [2.24, 2.45) is 16.7 Å². The van der Waals surface area contributed by atoms with Gasteiger partial charge in [0.05, 0.1) is 0 Å².